The van der Waals surface area contributed by atoms with E-state index in [0.29, 0.717) is 5.41 Å². The number of aromatic nitrogens is 2. The second-order valence-corrected chi connectivity index (χ2v) is 5.62. The second-order valence-electron chi connectivity index (χ2n) is 5.24. The lowest BCUT2D eigenvalue weighted by Gasteiger charge is -2.15. The molecule has 5 heteroatoms. The first-order chi connectivity index (χ1) is 8.62. The third kappa shape index (κ3) is 2.87. The molecule has 4 nitrogen and oxygen atoms in total. The molecule has 1 aliphatic carbocycles. The van der Waals surface area contributed by atoms with Crippen molar-refractivity contribution in [3.8, 4) is 0 Å². The first kappa shape index (κ1) is 13.8. The van der Waals surface area contributed by atoms with Crippen molar-refractivity contribution in [3.63, 3.8) is 0 Å². The van der Waals surface area contributed by atoms with Crippen molar-refractivity contribution >= 4 is 11.6 Å². The van der Waals surface area contributed by atoms with E-state index in [4.69, 9.17) is 16.7 Å². The molecule has 0 atom stereocenters. The van der Waals surface area contributed by atoms with Crippen LogP contribution in [0.25, 0.3) is 0 Å². The molecule has 0 aliphatic heterocycles. The predicted molar refractivity (Wildman–Crippen MR) is 72.7 cm³/mol. The van der Waals surface area contributed by atoms with Gasteiger partial charge in [-0.15, -0.1) is 0 Å². The minimum Gasteiger partial charge on any atom is -0.396 e. The molecule has 1 aromatic heterocycles. The molecule has 2 N–H and O–H groups in total. The molecule has 0 radical (unpaired) electrons. The third-order valence-corrected chi connectivity index (χ3v) is 4.34. The van der Waals surface area contributed by atoms with E-state index in [9.17, 15) is 0 Å². The number of hydrogen-bond acceptors (Lipinski definition) is 3. The number of aliphatic hydroxyl groups excluding tert-OH is 1. The fraction of sp³-hybridized carbons (Fsp3) is 0.769. The van der Waals surface area contributed by atoms with Crippen molar-refractivity contribution in [2.24, 2.45) is 5.41 Å². The normalized spacial score (nSPS) is 17.1. The second kappa shape index (κ2) is 5.59. The van der Waals surface area contributed by atoms with Crippen LogP contribution in [0.4, 0.5) is 0 Å². The van der Waals surface area contributed by atoms with Crippen LogP contribution in [0.3, 0.4) is 0 Å². The minimum absolute atomic E-state index is 0.286. The van der Waals surface area contributed by atoms with E-state index in [1.807, 2.05) is 11.6 Å². The van der Waals surface area contributed by atoms with Crippen molar-refractivity contribution in [3.05, 3.63) is 16.4 Å². The van der Waals surface area contributed by atoms with Gasteiger partial charge in [0.25, 0.3) is 0 Å². The highest BCUT2D eigenvalue weighted by atomic mass is 35.5. The maximum absolute atomic E-state index is 9.02. The lowest BCUT2D eigenvalue weighted by molar-refractivity contribution is 0.245. The summed E-state index contributed by atoms with van der Waals surface area (Å²) in [5.74, 6) is 0. The molecule has 0 amide bonds. The van der Waals surface area contributed by atoms with Crippen LogP contribution in [-0.2, 0) is 13.1 Å². The smallest absolute Gasteiger partial charge is 0.0860 e. The van der Waals surface area contributed by atoms with Crippen LogP contribution in [-0.4, -0.2) is 28.0 Å². The number of aliphatic hydroxyl groups is 1. The highest BCUT2D eigenvalue weighted by Gasteiger charge is 2.41. The summed E-state index contributed by atoms with van der Waals surface area (Å²) in [7, 11) is 0. The molecule has 18 heavy (non-hydrogen) atoms. The van der Waals surface area contributed by atoms with Crippen molar-refractivity contribution in [1.29, 1.82) is 0 Å². The Hall–Kier alpha value is -0.580. The van der Waals surface area contributed by atoms with E-state index in [1.165, 1.54) is 12.8 Å². The molecule has 0 bridgehead atoms. The topological polar surface area (TPSA) is 50.1 Å². The largest absolute Gasteiger partial charge is 0.396 e. The molecule has 0 saturated heterocycles. The Kier molecular flexibility index (Phi) is 4.30. The fourth-order valence-corrected chi connectivity index (χ4v) is 2.62. The average molecular weight is 272 g/mol. The van der Waals surface area contributed by atoms with Gasteiger partial charge >= 0.3 is 0 Å². The quantitative estimate of drug-likeness (QED) is 0.799. The Balaban J connectivity index is 1.90. The molecule has 1 heterocycles. The zero-order valence-corrected chi connectivity index (χ0v) is 11.9. The van der Waals surface area contributed by atoms with Gasteiger partial charge < -0.3 is 10.4 Å². The van der Waals surface area contributed by atoms with E-state index in [0.717, 1.165) is 42.5 Å². The highest BCUT2D eigenvalue weighted by Crippen LogP contribution is 2.47. The van der Waals surface area contributed by atoms with Gasteiger partial charge in [-0.3, -0.25) is 4.68 Å². The van der Waals surface area contributed by atoms with Crippen LogP contribution < -0.4 is 5.32 Å². The van der Waals surface area contributed by atoms with Gasteiger partial charge in [0.15, 0.2) is 0 Å². The first-order valence-electron chi connectivity index (χ1n) is 6.65. The van der Waals surface area contributed by atoms with E-state index >= 15 is 0 Å². The highest BCUT2D eigenvalue weighted by molar-refractivity contribution is 6.31. The SMILES string of the molecule is CCn1nc(C)c(Cl)c1CNCC1(CCO)CC1. The summed E-state index contributed by atoms with van der Waals surface area (Å²) >= 11 is 6.26. The summed E-state index contributed by atoms with van der Waals surface area (Å²) in [6.45, 7) is 6.84. The molecule has 0 spiro atoms. The van der Waals surface area contributed by atoms with Gasteiger partial charge in [0.05, 0.1) is 16.4 Å². The van der Waals surface area contributed by atoms with Crippen LogP contribution in [0.1, 0.15) is 37.6 Å². The molecule has 1 saturated carbocycles. The van der Waals surface area contributed by atoms with Crippen LogP contribution in [0.2, 0.25) is 5.02 Å². The Morgan fingerprint density at radius 2 is 2.22 bits per heavy atom. The molecule has 1 aromatic rings. The Labute approximate surface area is 113 Å². The van der Waals surface area contributed by atoms with Gasteiger partial charge in [-0.25, -0.2) is 0 Å². The zero-order chi connectivity index (χ0) is 13.2. The number of halogens is 1. The fourth-order valence-electron chi connectivity index (χ4n) is 2.41. The molecule has 1 aliphatic rings. The molecule has 1 fully saturated rings. The number of nitrogens with one attached hydrogen (secondary N) is 1. The summed E-state index contributed by atoms with van der Waals surface area (Å²) in [6.07, 6.45) is 3.35. The van der Waals surface area contributed by atoms with Crippen LogP contribution >= 0.6 is 11.6 Å². The summed E-state index contributed by atoms with van der Waals surface area (Å²) in [5, 5.41) is 17.7. The van der Waals surface area contributed by atoms with E-state index in [2.05, 4.69) is 17.3 Å². The molecular formula is C13H22ClN3O. The molecule has 0 unspecified atom stereocenters. The molecular weight excluding hydrogens is 250 g/mol. The van der Waals surface area contributed by atoms with E-state index in [1.54, 1.807) is 0 Å². The summed E-state index contributed by atoms with van der Waals surface area (Å²) in [4.78, 5) is 0. The van der Waals surface area contributed by atoms with Crippen molar-refractivity contribution < 1.29 is 5.11 Å². The summed E-state index contributed by atoms with van der Waals surface area (Å²) in [6, 6.07) is 0. The van der Waals surface area contributed by atoms with Crippen LogP contribution in [0.5, 0.6) is 0 Å². The van der Waals surface area contributed by atoms with Gasteiger partial charge in [0, 0.05) is 26.2 Å². The Bertz CT molecular complexity index is 413. The average Bonchev–Trinajstić information content (AvgIpc) is 3.06. The lowest BCUT2D eigenvalue weighted by Crippen LogP contribution is -2.25. The maximum Gasteiger partial charge on any atom is 0.0860 e. The molecule has 102 valence electrons. The first-order valence-corrected chi connectivity index (χ1v) is 7.03. The number of nitrogens with zero attached hydrogens (tertiary/aromatic N) is 2. The number of aryl methyl sites for hydroxylation is 2. The maximum atomic E-state index is 9.02. The van der Waals surface area contributed by atoms with Crippen LogP contribution in [0.15, 0.2) is 0 Å². The lowest BCUT2D eigenvalue weighted by atomic mass is 10.0. The van der Waals surface area contributed by atoms with Crippen molar-refractivity contribution in [2.75, 3.05) is 13.2 Å². The van der Waals surface area contributed by atoms with Gasteiger partial charge in [0.2, 0.25) is 0 Å². The summed E-state index contributed by atoms with van der Waals surface area (Å²) < 4.78 is 1.95. The Morgan fingerprint density at radius 3 is 2.78 bits per heavy atom. The Morgan fingerprint density at radius 1 is 1.50 bits per heavy atom. The molecule has 0 aromatic carbocycles. The van der Waals surface area contributed by atoms with Gasteiger partial charge in [-0.2, -0.15) is 5.10 Å². The summed E-state index contributed by atoms with van der Waals surface area (Å²) in [5.41, 5.74) is 2.30. The number of hydrogen-bond donors (Lipinski definition) is 2. The predicted octanol–water partition coefficient (Wildman–Crippen LogP) is 2.12. The van der Waals surface area contributed by atoms with Gasteiger partial charge in [0.1, 0.15) is 0 Å². The van der Waals surface area contributed by atoms with Crippen LogP contribution in [0, 0.1) is 12.3 Å². The van der Waals surface area contributed by atoms with E-state index in [-0.39, 0.29) is 6.61 Å². The minimum atomic E-state index is 0.286. The monoisotopic (exact) mass is 271 g/mol. The van der Waals surface area contributed by atoms with Crippen molar-refractivity contribution in [1.82, 2.24) is 15.1 Å². The third-order valence-electron chi connectivity index (χ3n) is 3.84. The molecule has 2 rings (SSSR count). The number of rotatable bonds is 7. The van der Waals surface area contributed by atoms with Gasteiger partial charge in [-0.1, -0.05) is 11.6 Å². The van der Waals surface area contributed by atoms with Crippen molar-refractivity contribution in [2.45, 2.75) is 46.2 Å². The zero-order valence-electron chi connectivity index (χ0n) is 11.2. The van der Waals surface area contributed by atoms with E-state index < -0.39 is 0 Å². The van der Waals surface area contributed by atoms with Gasteiger partial charge in [-0.05, 0) is 38.5 Å². The standard InChI is InChI=1S/C13H22ClN3O/c1-3-17-11(12(14)10(2)16-17)8-15-9-13(4-5-13)6-7-18/h15,18H,3-9H2,1-2H3.